The van der Waals surface area contributed by atoms with Gasteiger partial charge in [-0.3, -0.25) is 9.59 Å². The van der Waals surface area contributed by atoms with Crippen LogP contribution >= 0.6 is 11.6 Å². The molecule has 2 atom stereocenters. The van der Waals surface area contributed by atoms with Gasteiger partial charge in [0.05, 0.1) is 24.2 Å². The molecule has 2 aromatic heterocycles. The summed E-state index contributed by atoms with van der Waals surface area (Å²) in [4.78, 5) is 52.6. The van der Waals surface area contributed by atoms with Gasteiger partial charge in [-0.2, -0.15) is 0 Å². The van der Waals surface area contributed by atoms with Crippen LogP contribution in [0.5, 0.6) is 5.88 Å². The zero-order valence-electron chi connectivity index (χ0n) is 27.6. The number of fused-ring (bicyclic) bond motifs is 1. The van der Waals surface area contributed by atoms with Crippen molar-refractivity contribution in [3.8, 4) is 17.1 Å². The van der Waals surface area contributed by atoms with E-state index in [-0.39, 0.29) is 35.2 Å². The number of imidazole rings is 1. The number of hydrogen-bond donors (Lipinski definition) is 2. The molecule has 1 spiro atoms. The van der Waals surface area contributed by atoms with Gasteiger partial charge in [0.25, 0.3) is 0 Å². The maximum atomic E-state index is 13.7. The molecular weight excluding hydrogens is 606 g/mol. The molecule has 1 saturated heterocycles. The normalized spacial score (nSPS) is 18.0. The number of benzene rings is 1. The third-order valence-electron chi connectivity index (χ3n) is 9.22. The predicted molar refractivity (Wildman–Crippen MR) is 178 cm³/mol. The van der Waals surface area contributed by atoms with Crippen LogP contribution in [-0.4, -0.2) is 63.4 Å². The van der Waals surface area contributed by atoms with Crippen molar-refractivity contribution in [1.82, 2.24) is 25.2 Å². The Morgan fingerprint density at radius 2 is 1.87 bits per heavy atom. The van der Waals surface area contributed by atoms with Crippen molar-refractivity contribution in [3.05, 3.63) is 41.3 Å². The Balaban J connectivity index is 1.30. The van der Waals surface area contributed by atoms with E-state index in [2.05, 4.69) is 15.3 Å². The monoisotopic (exact) mass is 651 g/mol. The molecule has 1 aliphatic carbocycles. The smallest absolute Gasteiger partial charge is 0.410 e. The van der Waals surface area contributed by atoms with Crippen LogP contribution in [0.4, 0.5) is 4.79 Å². The minimum atomic E-state index is -0.542. The Hall–Kier alpha value is -3.66. The number of amides is 2. The molecule has 46 heavy (non-hydrogen) atoms. The molecule has 1 aromatic carbocycles. The summed E-state index contributed by atoms with van der Waals surface area (Å²) in [6.45, 7) is 8.64. The maximum Gasteiger partial charge on any atom is 0.410 e. The number of methoxy groups -OCH3 is 1. The molecule has 2 N–H and O–H groups in total. The lowest BCUT2D eigenvalue weighted by Crippen LogP contribution is -2.43. The molecule has 2 aliphatic rings. The highest BCUT2D eigenvalue weighted by atomic mass is 35.5. The number of ketones is 1. The van der Waals surface area contributed by atoms with E-state index in [1.165, 1.54) is 0 Å². The number of H-pyrrole nitrogens is 1. The first-order valence-corrected chi connectivity index (χ1v) is 16.8. The molecule has 0 radical (unpaired) electrons. The fourth-order valence-electron chi connectivity index (χ4n) is 6.44. The molecule has 5 rings (SSSR count). The average molecular weight is 652 g/mol. The number of para-hydroxylation sites is 1. The summed E-state index contributed by atoms with van der Waals surface area (Å²) >= 11 is 6.75. The lowest BCUT2D eigenvalue weighted by atomic mass is 9.90. The lowest BCUT2D eigenvalue weighted by Gasteiger charge is -2.34. The molecule has 1 saturated carbocycles. The second kappa shape index (κ2) is 14.0. The number of rotatable bonds is 12. The van der Waals surface area contributed by atoms with E-state index >= 15 is 0 Å². The van der Waals surface area contributed by atoms with Gasteiger partial charge < -0.3 is 24.7 Å². The number of ether oxygens (including phenoxy) is 2. The Morgan fingerprint density at radius 1 is 1.13 bits per heavy atom. The molecule has 3 heterocycles. The molecule has 2 fully saturated rings. The second-order valence-electron chi connectivity index (χ2n) is 13.7. The highest BCUT2D eigenvalue weighted by molar-refractivity contribution is 6.32. The van der Waals surface area contributed by atoms with E-state index in [1.54, 1.807) is 12.0 Å². The fraction of sp³-hybridized carbons (Fsp3) is 0.571. The van der Waals surface area contributed by atoms with E-state index in [1.807, 2.05) is 58.0 Å². The van der Waals surface area contributed by atoms with Crippen LogP contribution in [0.15, 0.2) is 30.3 Å². The summed E-state index contributed by atoms with van der Waals surface area (Å²) in [7, 11) is 1.57. The third kappa shape index (κ3) is 7.82. The number of pyridine rings is 1. The minimum absolute atomic E-state index is 0.00379. The number of carbonyl (C=O) groups is 3. The van der Waals surface area contributed by atoms with Crippen LogP contribution in [0.25, 0.3) is 22.2 Å². The van der Waals surface area contributed by atoms with Crippen LogP contribution in [0.3, 0.4) is 0 Å². The molecule has 2 amide bonds. The van der Waals surface area contributed by atoms with Gasteiger partial charge in [-0.25, -0.2) is 14.8 Å². The van der Waals surface area contributed by atoms with E-state index in [0.29, 0.717) is 60.5 Å². The Bertz CT molecular complexity index is 1570. The maximum absolute atomic E-state index is 13.7. The number of piperidine rings is 1. The van der Waals surface area contributed by atoms with Gasteiger partial charge in [0.1, 0.15) is 28.1 Å². The Morgan fingerprint density at radius 3 is 2.57 bits per heavy atom. The first kappa shape index (κ1) is 33.7. The zero-order chi connectivity index (χ0) is 33.1. The third-order valence-corrected chi connectivity index (χ3v) is 9.50. The van der Waals surface area contributed by atoms with E-state index in [4.69, 9.17) is 26.1 Å². The van der Waals surface area contributed by atoms with Gasteiger partial charge in [0, 0.05) is 37.2 Å². The highest BCUT2D eigenvalue weighted by Crippen LogP contribution is 2.59. The number of aromatic amines is 1. The summed E-state index contributed by atoms with van der Waals surface area (Å²) < 4.78 is 11.2. The van der Waals surface area contributed by atoms with Gasteiger partial charge in [-0.05, 0) is 70.4 Å². The summed E-state index contributed by atoms with van der Waals surface area (Å²) in [5.41, 5.74) is 1.34. The first-order valence-electron chi connectivity index (χ1n) is 16.4. The van der Waals surface area contributed by atoms with E-state index in [9.17, 15) is 14.4 Å². The average Bonchev–Trinajstić information content (AvgIpc) is 3.59. The summed E-state index contributed by atoms with van der Waals surface area (Å²) in [5, 5.41) is 4.56. The van der Waals surface area contributed by atoms with Crippen LogP contribution in [0, 0.1) is 11.3 Å². The van der Waals surface area contributed by atoms with Gasteiger partial charge >= 0.3 is 6.09 Å². The predicted octanol–water partition coefficient (Wildman–Crippen LogP) is 7.41. The number of carbonyl (C=O) groups excluding carboxylic acids is 3. The summed E-state index contributed by atoms with van der Waals surface area (Å²) in [5.74, 6) is 1.13. The number of nitrogens with zero attached hydrogens (tertiary/aromatic N) is 3. The van der Waals surface area contributed by atoms with Crippen LogP contribution in [-0.2, 0) is 14.3 Å². The molecule has 10 nitrogen and oxygen atoms in total. The number of Topliss-reactive ketones (excluding diaryl/α,β-unsaturated/α-hetero) is 1. The topological polar surface area (TPSA) is 127 Å². The quantitative estimate of drug-likeness (QED) is 0.195. The lowest BCUT2D eigenvalue weighted by molar-refractivity contribution is -0.124. The first-order chi connectivity index (χ1) is 21.9. The van der Waals surface area contributed by atoms with E-state index < -0.39 is 5.60 Å². The van der Waals surface area contributed by atoms with Crippen molar-refractivity contribution in [3.63, 3.8) is 0 Å². The van der Waals surface area contributed by atoms with Gasteiger partial charge in [-0.1, -0.05) is 49.6 Å². The summed E-state index contributed by atoms with van der Waals surface area (Å²) in [6, 6.07) is 9.34. The fourth-order valence-corrected chi connectivity index (χ4v) is 6.68. The van der Waals surface area contributed by atoms with Gasteiger partial charge in [0.2, 0.25) is 11.8 Å². The number of hydrogen-bond acceptors (Lipinski definition) is 7. The molecule has 248 valence electrons. The van der Waals surface area contributed by atoms with Gasteiger partial charge in [-0.15, -0.1) is 0 Å². The number of unbranched alkanes of at least 4 members (excludes halogenated alkanes) is 2. The number of halogens is 1. The molecule has 0 bridgehead atoms. The second-order valence-corrected chi connectivity index (χ2v) is 14.0. The Kier molecular flexibility index (Phi) is 10.2. The molecule has 1 unspecified atom stereocenters. The van der Waals surface area contributed by atoms with Crippen LogP contribution < -0.4 is 10.1 Å². The molecule has 11 heteroatoms. The van der Waals surface area contributed by atoms with Crippen molar-refractivity contribution >= 4 is 40.3 Å². The highest BCUT2D eigenvalue weighted by Gasteiger charge is 2.59. The van der Waals surface area contributed by atoms with Crippen LogP contribution in [0.1, 0.15) is 97.3 Å². The molecule has 3 aromatic rings. The number of likely N-dealkylation sites (tertiary alicyclic amines) is 1. The van der Waals surface area contributed by atoms with E-state index in [0.717, 1.165) is 49.4 Å². The zero-order valence-corrected chi connectivity index (χ0v) is 28.3. The minimum Gasteiger partial charge on any atom is -0.480 e. The number of nitrogens with one attached hydrogen (secondary N) is 2. The Labute approximate surface area is 276 Å². The molecular formula is C35H46ClN5O5. The van der Waals surface area contributed by atoms with Crippen molar-refractivity contribution in [2.24, 2.45) is 11.3 Å². The summed E-state index contributed by atoms with van der Waals surface area (Å²) in [6.07, 6.45) is 6.32. The SMILES string of the molecule is CCC(=O)CCCCC[C@H](NC(=O)C1CC12CCN(C(=O)OC(C)(C)C)CC2)c1nc(-c2cc3ccccc3nc2OC)c(Cl)[nH]1. The van der Waals surface area contributed by atoms with Crippen molar-refractivity contribution in [2.45, 2.75) is 97.1 Å². The van der Waals surface area contributed by atoms with Crippen LogP contribution in [0.2, 0.25) is 5.15 Å². The van der Waals surface area contributed by atoms with Crippen molar-refractivity contribution < 1.29 is 23.9 Å². The standard InChI is InChI=1S/C35H46ClN5O5/c1-6-23(42)13-8-7-9-15-27(37-31(43)25-21-35(25)16-18-41(19-17-35)33(44)46-34(2,3)4)30-39-28(29(36)40-30)24-20-22-12-10-11-14-26(22)38-32(24)45-5/h10-12,14,20,25,27H,6-9,13,15-19,21H2,1-5H3,(H,37,43)(H,39,40)/t25?,27-/m0/s1. The van der Waals surface area contributed by atoms with Gasteiger partial charge in [0.15, 0.2) is 0 Å². The number of aromatic nitrogens is 3. The largest absolute Gasteiger partial charge is 0.480 e. The molecule has 1 aliphatic heterocycles. The van der Waals surface area contributed by atoms with Crippen molar-refractivity contribution in [1.29, 1.82) is 0 Å². The van der Waals surface area contributed by atoms with Crippen molar-refractivity contribution in [2.75, 3.05) is 20.2 Å².